The average molecular weight is 149 g/mol. The molecule has 56 valence electrons. The van der Waals surface area contributed by atoms with Crippen LogP contribution in [0.5, 0.6) is 0 Å². The van der Waals surface area contributed by atoms with E-state index in [4.69, 9.17) is 0 Å². The van der Waals surface area contributed by atoms with Crippen molar-refractivity contribution in [2.45, 2.75) is 6.92 Å². The molecule has 0 aliphatic carbocycles. The lowest BCUT2D eigenvalue weighted by molar-refractivity contribution is 1.16. The Morgan fingerprint density at radius 3 is 3.09 bits per heavy atom. The monoisotopic (exact) mass is 149 g/mol. The van der Waals surface area contributed by atoms with Crippen LogP contribution in [0.3, 0.4) is 0 Å². The van der Waals surface area contributed by atoms with Crippen LogP contribution >= 0.6 is 0 Å². The summed E-state index contributed by atoms with van der Waals surface area (Å²) >= 11 is 0. The maximum absolute atomic E-state index is 11.1. The number of pyridine rings is 1. The number of hydrogen-bond acceptors (Lipinski definition) is 2. The quantitative estimate of drug-likeness (QED) is 0.574. The summed E-state index contributed by atoms with van der Waals surface area (Å²) in [6, 6.07) is 1.76. The predicted octanol–water partition coefficient (Wildman–Crippen LogP) is 0.560. The molecule has 2 rings (SSSR count). The minimum atomic E-state index is -0.122. The molecule has 0 aliphatic rings. The van der Waals surface area contributed by atoms with E-state index < -0.39 is 0 Å². The van der Waals surface area contributed by atoms with Gasteiger partial charge in [0, 0.05) is 6.20 Å². The molecule has 0 bridgehead atoms. The Bertz CT molecular complexity index is 440. The summed E-state index contributed by atoms with van der Waals surface area (Å²) < 4.78 is 0. The third-order valence-electron chi connectivity index (χ3n) is 1.53. The molecular weight excluding hydrogens is 142 g/mol. The minimum Gasteiger partial charge on any atom is -0.338 e. The first-order valence-electron chi connectivity index (χ1n) is 3.31. The maximum Gasteiger partial charge on any atom is 0.273 e. The zero-order valence-electron chi connectivity index (χ0n) is 6.01. The molecule has 0 amide bonds. The zero-order chi connectivity index (χ0) is 7.84. The number of fused-ring (bicyclic) bond motifs is 1. The van der Waals surface area contributed by atoms with E-state index in [1.54, 1.807) is 12.3 Å². The van der Waals surface area contributed by atoms with E-state index in [2.05, 4.69) is 15.0 Å². The Hall–Kier alpha value is -1.58. The molecule has 4 heteroatoms. The molecule has 0 aromatic carbocycles. The lowest BCUT2D eigenvalue weighted by atomic mass is 10.4. The fraction of sp³-hybridized carbons (Fsp3) is 0.143. The van der Waals surface area contributed by atoms with Gasteiger partial charge < -0.3 is 9.97 Å². The number of aryl methyl sites for hydroxylation is 1. The van der Waals surface area contributed by atoms with Gasteiger partial charge in [0.15, 0.2) is 0 Å². The fourth-order valence-electron chi connectivity index (χ4n) is 1.07. The van der Waals surface area contributed by atoms with Gasteiger partial charge in [-0.15, -0.1) is 0 Å². The number of nitrogens with zero attached hydrogens (tertiary/aromatic N) is 1. The van der Waals surface area contributed by atoms with E-state index in [0.29, 0.717) is 11.0 Å². The predicted molar refractivity (Wildman–Crippen MR) is 41.5 cm³/mol. The smallest absolute Gasteiger partial charge is 0.273 e. The van der Waals surface area contributed by atoms with E-state index in [1.165, 1.54) is 0 Å². The van der Waals surface area contributed by atoms with Crippen LogP contribution in [0.4, 0.5) is 0 Å². The van der Waals surface area contributed by atoms with Crippen LogP contribution in [0.15, 0.2) is 17.1 Å². The number of H-pyrrole nitrogens is 2. The van der Waals surface area contributed by atoms with Gasteiger partial charge in [0.25, 0.3) is 5.56 Å². The molecule has 0 saturated carbocycles. The molecule has 2 aromatic rings. The largest absolute Gasteiger partial charge is 0.338 e. The van der Waals surface area contributed by atoms with Crippen molar-refractivity contribution in [3.05, 3.63) is 28.4 Å². The van der Waals surface area contributed by atoms with Crippen molar-refractivity contribution >= 4 is 11.0 Å². The molecule has 0 aliphatic heterocycles. The van der Waals surface area contributed by atoms with Gasteiger partial charge in [0.2, 0.25) is 0 Å². The topological polar surface area (TPSA) is 61.5 Å². The Morgan fingerprint density at radius 1 is 1.55 bits per heavy atom. The normalized spacial score (nSPS) is 10.6. The van der Waals surface area contributed by atoms with E-state index in [0.717, 1.165) is 5.82 Å². The molecule has 0 fully saturated rings. The highest BCUT2D eigenvalue weighted by molar-refractivity contribution is 5.73. The summed E-state index contributed by atoms with van der Waals surface area (Å²) in [7, 11) is 0. The Kier molecular flexibility index (Phi) is 1.09. The first-order valence-corrected chi connectivity index (χ1v) is 3.31. The summed E-state index contributed by atoms with van der Waals surface area (Å²) in [4.78, 5) is 20.6. The number of hydrogen-bond donors (Lipinski definition) is 2. The van der Waals surface area contributed by atoms with E-state index in [1.807, 2.05) is 6.92 Å². The second kappa shape index (κ2) is 1.95. The molecule has 4 nitrogen and oxygen atoms in total. The number of rotatable bonds is 0. The summed E-state index contributed by atoms with van der Waals surface area (Å²) in [5.41, 5.74) is 1.14. The van der Waals surface area contributed by atoms with Crippen molar-refractivity contribution < 1.29 is 0 Å². The number of imidazole rings is 1. The molecule has 0 radical (unpaired) electrons. The van der Waals surface area contributed by atoms with Crippen molar-refractivity contribution in [3.63, 3.8) is 0 Å². The summed E-state index contributed by atoms with van der Waals surface area (Å²) in [6.07, 6.45) is 1.59. The fourth-order valence-corrected chi connectivity index (χ4v) is 1.07. The van der Waals surface area contributed by atoms with Gasteiger partial charge >= 0.3 is 0 Å². The van der Waals surface area contributed by atoms with Gasteiger partial charge in [-0.25, -0.2) is 4.98 Å². The van der Waals surface area contributed by atoms with Gasteiger partial charge in [-0.3, -0.25) is 4.79 Å². The molecular formula is C7H7N3O. The first-order chi connectivity index (χ1) is 5.27. The highest BCUT2D eigenvalue weighted by Gasteiger charge is 2.00. The van der Waals surface area contributed by atoms with Crippen molar-refractivity contribution in [3.8, 4) is 0 Å². The summed E-state index contributed by atoms with van der Waals surface area (Å²) in [5, 5.41) is 0. The zero-order valence-corrected chi connectivity index (χ0v) is 6.01. The van der Waals surface area contributed by atoms with Crippen LogP contribution in [0.2, 0.25) is 0 Å². The number of nitrogens with one attached hydrogen (secondary N) is 2. The molecule has 0 atom stereocenters. The van der Waals surface area contributed by atoms with Gasteiger partial charge in [0.05, 0.1) is 5.52 Å². The third kappa shape index (κ3) is 0.832. The number of aromatic nitrogens is 3. The van der Waals surface area contributed by atoms with Crippen molar-refractivity contribution in [1.82, 2.24) is 15.0 Å². The van der Waals surface area contributed by atoms with Crippen LogP contribution in [-0.4, -0.2) is 15.0 Å². The van der Waals surface area contributed by atoms with E-state index in [-0.39, 0.29) is 5.56 Å². The first kappa shape index (κ1) is 6.15. The molecule has 11 heavy (non-hydrogen) atoms. The highest BCUT2D eigenvalue weighted by Crippen LogP contribution is 2.02. The standard InChI is InChI=1S/C7H7N3O/c1-4-9-5-2-3-8-7(11)6(5)10-4/h2-3H,1H3,(H,8,11)(H,9,10). The second-order valence-electron chi connectivity index (χ2n) is 2.39. The van der Waals surface area contributed by atoms with Gasteiger partial charge in [0.1, 0.15) is 11.3 Å². The minimum absolute atomic E-state index is 0.122. The maximum atomic E-state index is 11.1. The Balaban J connectivity index is 3.02. The molecule has 0 spiro atoms. The molecule has 2 N–H and O–H groups in total. The molecule has 0 saturated heterocycles. The van der Waals surface area contributed by atoms with Crippen LogP contribution in [-0.2, 0) is 0 Å². The second-order valence-corrected chi connectivity index (χ2v) is 2.39. The number of aromatic amines is 2. The average Bonchev–Trinajstić information content (AvgIpc) is 2.31. The van der Waals surface area contributed by atoms with Crippen LogP contribution in [0.1, 0.15) is 5.82 Å². The summed E-state index contributed by atoms with van der Waals surface area (Å²) in [6.45, 7) is 1.82. The third-order valence-corrected chi connectivity index (χ3v) is 1.53. The van der Waals surface area contributed by atoms with E-state index >= 15 is 0 Å². The van der Waals surface area contributed by atoms with Crippen LogP contribution < -0.4 is 5.56 Å². The summed E-state index contributed by atoms with van der Waals surface area (Å²) in [5.74, 6) is 0.761. The van der Waals surface area contributed by atoms with Crippen LogP contribution in [0, 0.1) is 6.92 Å². The Labute approximate surface area is 62.3 Å². The van der Waals surface area contributed by atoms with Crippen molar-refractivity contribution in [2.75, 3.05) is 0 Å². The highest BCUT2D eigenvalue weighted by atomic mass is 16.1. The SMILES string of the molecule is Cc1nc2cc[nH]c(=O)c2[nH]1. The Morgan fingerprint density at radius 2 is 2.36 bits per heavy atom. The van der Waals surface area contributed by atoms with Gasteiger partial charge in [-0.1, -0.05) is 0 Å². The van der Waals surface area contributed by atoms with Crippen LogP contribution in [0.25, 0.3) is 11.0 Å². The van der Waals surface area contributed by atoms with Gasteiger partial charge in [-0.05, 0) is 13.0 Å². The molecule has 0 unspecified atom stereocenters. The molecule has 2 heterocycles. The van der Waals surface area contributed by atoms with Gasteiger partial charge in [-0.2, -0.15) is 0 Å². The van der Waals surface area contributed by atoms with E-state index in [9.17, 15) is 4.79 Å². The lowest BCUT2D eigenvalue weighted by Crippen LogP contribution is -2.03. The lowest BCUT2D eigenvalue weighted by Gasteiger charge is -1.82. The van der Waals surface area contributed by atoms with Crippen molar-refractivity contribution in [1.29, 1.82) is 0 Å². The van der Waals surface area contributed by atoms with Crippen molar-refractivity contribution in [2.24, 2.45) is 0 Å². The molecule has 2 aromatic heterocycles.